The highest BCUT2D eigenvalue weighted by Gasteiger charge is 2.07. The quantitative estimate of drug-likeness (QED) is 0.807. The van der Waals surface area contributed by atoms with Crippen LogP contribution in [0, 0.1) is 0 Å². The first kappa shape index (κ1) is 10.9. The molecule has 0 amide bonds. The minimum atomic E-state index is -0.487. The van der Waals surface area contributed by atoms with Gasteiger partial charge in [-0.2, -0.15) is 0 Å². The molecule has 1 atom stereocenters. The van der Waals surface area contributed by atoms with Crippen LogP contribution < -0.4 is 5.32 Å². The molecule has 0 fully saturated rings. The molecule has 0 saturated heterocycles. The molecule has 3 heteroatoms. The molecule has 1 aromatic rings. The SMILES string of the molecule is OC(CNC1=NCCC=C1)c1ccccc1. The zero-order chi connectivity index (χ0) is 11.2. The Labute approximate surface area is 95.5 Å². The zero-order valence-corrected chi connectivity index (χ0v) is 9.13. The number of nitrogens with one attached hydrogen (secondary N) is 1. The summed E-state index contributed by atoms with van der Waals surface area (Å²) in [5.74, 6) is 0.862. The lowest BCUT2D eigenvalue weighted by Gasteiger charge is -2.14. The summed E-state index contributed by atoms with van der Waals surface area (Å²) in [6.07, 6.45) is 4.57. The first-order valence-electron chi connectivity index (χ1n) is 5.54. The molecule has 84 valence electrons. The Hall–Kier alpha value is -1.61. The van der Waals surface area contributed by atoms with Crippen LogP contribution in [0.1, 0.15) is 18.1 Å². The number of hydrogen-bond acceptors (Lipinski definition) is 3. The molecule has 1 aliphatic heterocycles. The molecule has 0 saturated carbocycles. The smallest absolute Gasteiger partial charge is 0.120 e. The summed E-state index contributed by atoms with van der Waals surface area (Å²) in [5.41, 5.74) is 0.926. The Morgan fingerprint density at radius 1 is 1.31 bits per heavy atom. The van der Waals surface area contributed by atoms with E-state index in [1.807, 2.05) is 36.4 Å². The fourth-order valence-electron chi connectivity index (χ4n) is 1.62. The Balaban J connectivity index is 1.86. The number of aliphatic imine (C=N–C) groups is 1. The maximum atomic E-state index is 9.91. The molecule has 0 radical (unpaired) electrons. The normalized spacial score (nSPS) is 16.7. The third-order valence-electron chi connectivity index (χ3n) is 2.51. The topological polar surface area (TPSA) is 44.6 Å². The lowest BCUT2D eigenvalue weighted by molar-refractivity contribution is 0.181. The van der Waals surface area contributed by atoms with Crippen LogP contribution in [0.15, 0.2) is 47.5 Å². The van der Waals surface area contributed by atoms with Crippen LogP contribution in [0.4, 0.5) is 0 Å². The Bertz CT molecular complexity index is 384. The van der Waals surface area contributed by atoms with Crippen molar-refractivity contribution in [2.45, 2.75) is 12.5 Å². The third-order valence-corrected chi connectivity index (χ3v) is 2.51. The molecule has 1 heterocycles. The van der Waals surface area contributed by atoms with Gasteiger partial charge in [-0.05, 0) is 18.1 Å². The molecule has 0 bridgehead atoms. The van der Waals surface area contributed by atoms with Gasteiger partial charge in [0.25, 0.3) is 0 Å². The van der Waals surface area contributed by atoms with Gasteiger partial charge in [0.05, 0.1) is 6.10 Å². The van der Waals surface area contributed by atoms with E-state index in [1.165, 1.54) is 0 Å². The molecular formula is C13H16N2O. The van der Waals surface area contributed by atoms with Gasteiger partial charge in [0, 0.05) is 13.1 Å². The van der Waals surface area contributed by atoms with Crippen molar-refractivity contribution in [2.24, 2.45) is 4.99 Å². The average molecular weight is 216 g/mol. The Kier molecular flexibility index (Phi) is 3.72. The summed E-state index contributed by atoms with van der Waals surface area (Å²) in [5, 5.41) is 13.0. The number of rotatable bonds is 3. The monoisotopic (exact) mass is 216 g/mol. The predicted octanol–water partition coefficient (Wildman–Crippen LogP) is 1.67. The van der Waals surface area contributed by atoms with Crippen molar-refractivity contribution in [2.75, 3.05) is 13.1 Å². The lowest BCUT2D eigenvalue weighted by Crippen LogP contribution is -2.28. The van der Waals surface area contributed by atoms with E-state index < -0.39 is 6.10 Å². The second kappa shape index (κ2) is 5.47. The van der Waals surface area contributed by atoms with E-state index in [0.29, 0.717) is 6.54 Å². The second-order valence-corrected chi connectivity index (χ2v) is 3.77. The maximum absolute atomic E-state index is 9.91. The lowest BCUT2D eigenvalue weighted by atomic mass is 10.1. The molecule has 2 rings (SSSR count). The summed E-state index contributed by atoms with van der Waals surface area (Å²) >= 11 is 0. The zero-order valence-electron chi connectivity index (χ0n) is 9.13. The standard InChI is InChI=1S/C13H16N2O/c16-12(11-6-2-1-3-7-11)10-15-13-8-4-5-9-14-13/h1-4,6-8,12,16H,5,9-10H2,(H,14,15). The number of nitrogens with zero attached hydrogens (tertiary/aromatic N) is 1. The van der Waals surface area contributed by atoms with Crippen LogP contribution in [0.2, 0.25) is 0 Å². The maximum Gasteiger partial charge on any atom is 0.120 e. The molecule has 1 aliphatic rings. The molecule has 2 N–H and O–H groups in total. The summed E-state index contributed by atoms with van der Waals surface area (Å²) in [6.45, 7) is 1.33. The molecule has 3 nitrogen and oxygen atoms in total. The largest absolute Gasteiger partial charge is 0.387 e. The van der Waals surface area contributed by atoms with Gasteiger partial charge in [0.1, 0.15) is 5.84 Å². The van der Waals surface area contributed by atoms with Crippen LogP contribution in [-0.4, -0.2) is 24.0 Å². The highest BCUT2D eigenvalue weighted by molar-refractivity contribution is 5.93. The van der Waals surface area contributed by atoms with Gasteiger partial charge < -0.3 is 10.4 Å². The minimum absolute atomic E-state index is 0.487. The minimum Gasteiger partial charge on any atom is -0.387 e. The van der Waals surface area contributed by atoms with E-state index in [4.69, 9.17) is 0 Å². The van der Waals surface area contributed by atoms with E-state index in [2.05, 4.69) is 16.4 Å². The van der Waals surface area contributed by atoms with E-state index in [1.54, 1.807) is 0 Å². The molecule has 1 aromatic carbocycles. The summed E-state index contributed by atoms with van der Waals surface area (Å²) in [6, 6.07) is 9.64. The van der Waals surface area contributed by atoms with Gasteiger partial charge in [0.15, 0.2) is 0 Å². The van der Waals surface area contributed by atoms with Crippen molar-refractivity contribution >= 4 is 5.84 Å². The Morgan fingerprint density at radius 3 is 2.81 bits per heavy atom. The first-order chi connectivity index (χ1) is 7.86. The van der Waals surface area contributed by atoms with E-state index in [9.17, 15) is 5.11 Å². The van der Waals surface area contributed by atoms with E-state index in [-0.39, 0.29) is 0 Å². The molecular weight excluding hydrogens is 200 g/mol. The van der Waals surface area contributed by atoms with Crippen LogP contribution in [0.3, 0.4) is 0 Å². The predicted molar refractivity (Wildman–Crippen MR) is 65.5 cm³/mol. The van der Waals surface area contributed by atoms with Crippen LogP contribution in [0.25, 0.3) is 0 Å². The molecule has 0 aliphatic carbocycles. The molecule has 1 unspecified atom stereocenters. The molecule has 16 heavy (non-hydrogen) atoms. The van der Waals surface area contributed by atoms with Gasteiger partial charge >= 0.3 is 0 Å². The molecule has 0 spiro atoms. The summed E-state index contributed by atoms with van der Waals surface area (Å²) in [7, 11) is 0. The number of amidine groups is 1. The second-order valence-electron chi connectivity index (χ2n) is 3.77. The van der Waals surface area contributed by atoms with Crippen LogP contribution in [-0.2, 0) is 0 Å². The van der Waals surface area contributed by atoms with Gasteiger partial charge in [-0.1, -0.05) is 36.4 Å². The average Bonchev–Trinajstić information content (AvgIpc) is 2.38. The number of aliphatic hydroxyl groups is 1. The van der Waals surface area contributed by atoms with Crippen molar-refractivity contribution in [1.29, 1.82) is 0 Å². The van der Waals surface area contributed by atoms with Crippen molar-refractivity contribution < 1.29 is 5.11 Å². The summed E-state index contributed by atoms with van der Waals surface area (Å²) < 4.78 is 0. The highest BCUT2D eigenvalue weighted by atomic mass is 16.3. The van der Waals surface area contributed by atoms with Crippen molar-refractivity contribution in [1.82, 2.24) is 5.32 Å². The van der Waals surface area contributed by atoms with E-state index >= 15 is 0 Å². The number of benzene rings is 1. The fourth-order valence-corrected chi connectivity index (χ4v) is 1.62. The van der Waals surface area contributed by atoms with Gasteiger partial charge in [-0.15, -0.1) is 0 Å². The van der Waals surface area contributed by atoms with Crippen molar-refractivity contribution in [3.8, 4) is 0 Å². The van der Waals surface area contributed by atoms with Gasteiger partial charge in [-0.25, -0.2) is 0 Å². The Morgan fingerprint density at radius 2 is 2.12 bits per heavy atom. The number of hydrogen-bond donors (Lipinski definition) is 2. The van der Waals surface area contributed by atoms with Crippen molar-refractivity contribution in [3.05, 3.63) is 48.0 Å². The molecule has 0 aromatic heterocycles. The highest BCUT2D eigenvalue weighted by Crippen LogP contribution is 2.10. The third kappa shape index (κ3) is 2.94. The van der Waals surface area contributed by atoms with Crippen molar-refractivity contribution in [3.63, 3.8) is 0 Å². The van der Waals surface area contributed by atoms with Gasteiger partial charge in [0.2, 0.25) is 0 Å². The van der Waals surface area contributed by atoms with E-state index in [0.717, 1.165) is 24.4 Å². The first-order valence-corrected chi connectivity index (χ1v) is 5.54. The van der Waals surface area contributed by atoms with Gasteiger partial charge in [-0.3, -0.25) is 4.99 Å². The van der Waals surface area contributed by atoms with Crippen LogP contribution in [0.5, 0.6) is 0 Å². The fraction of sp³-hybridized carbons (Fsp3) is 0.308. The number of dihydropyridines is 1. The van der Waals surface area contributed by atoms with Crippen LogP contribution >= 0.6 is 0 Å². The number of aliphatic hydroxyl groups excluding tert-OH is 1. The summed E-state index contributed by atoms with van der Waals surface area (Å²) in [4.78, 5) is 4.30.